The number of methoxy groups -OCH3 is 1. The number of β-lactam (4-membered cyclic amide) rings is 1. The minimum atomic E-state index is -1.33. The van der Waals surface area contributed by atoms with Gasteiger partial charge >= 0.3 is 29.6 Å². The zero-order chi connectivity index (χ0) is 14.6. The van der Waals surface area contributed by atoms with Crippen molar-refractivity contribution in [2.45, 2.75) is 44.4 Å². The third-order valence-electron chi connectivity index (χ3n) is 4.84. The van der Waals surface area contributed by atoms with Crippen LogP contribution in [0, 0.1) is 11.8 Å². The summed E-state index contributed by atoms with van der Waals surface area (Å²) in [5.74, 6) is -2.18. The van der Waals surface area contributed by atoms with E-state index in [-0.39, 0.29) is 59.2 Å². The Morgan fingerprint density at radius 2 is 2.14 bits per heavy atom. The van der Waals surface area contributed by atoms with Crippen LogP contribution in [0.3, 0.4) is 0 Å². The molecule has 1 saturated carbocycles. The number of carbonyl (C=O) groups excluding carboxylic acids is 2. The Bertz CT molecular complexity index is 504. The summed E-state index contributed by atoms with van der Waals surface area (Å²) < 4.78 is 5.39. The van der Waals surface area contributed by atoms with Gasteiger partial charge in [-0.3, -0.25) is 4.79 Å². The first-order valence-electron chi connectivity index (χ1n) is 6.98. The van der Waals surface area contributed by atoms with Gasteiger partial charge in [0.25, 0.3) is 0 Å². The number of carboxylic acids is 1. The summed E-state index contributed by atoms with van der Waals surface area (Å²) in [6.07, 6.45) is 1.47. The van der Waals surface area contributed by atoms with E-state index in [1.54, 1.807) is 14.0 Å². The van der Waals surface area contributed by atoms with E-state index in [0.29, 0.717) is 5.57 Å². The van der Waals surface area contributed by atoms with Crippen molar-refractivity contribution < 1.29 is 54.1 Å². The Morgan fingerprint density at radius 1 is 1.48 bits per heavy atom. The maximum Gasteiger partial charge on any atom is 1.00 e. The van der Waals surface area contributed by atoms with Crippen LogP contribution in [0.15, 0.2) is 11.3 Å². The number of aliphatic hydroxyl groups excluding tert-OH is 1. The standard InChI is InChI=1S/C14H19NO5.Na/c1-6(16)9-11-7-4-3-5-8(20-2)10(7)12(14(18)19)15(11)13(9)17;/h6-9,11,16H,3-5H2,1-2H3,(H,18,19);/q;+1/p-1/t6-,7+,8+,9-,11-;/m1./s1. The van der Waals surface area contributed by atoms with Crippen molar-refractivity contribution >= 4 is 11.9 Å². The van der Waals surface area contributed by atoms with E-state index in [1.807, 2.05) is 0 Å². The molecule has 6 nitrogen and oxygen atoms in total. The summed E-state index contributed by atoms with van der Waals surface area (Å²) in [5.41, 5.74) is 0.661. The van der Waals surface area contributed by atoms with Crippen molar-refractivity contribution in [3.8, 4) is 0 Å². The number of ether oxygens (including phenoxy) is 1. The molecule has 3 rings (SSSR count). The number of carbonyl (C=O) groups is 2. The molecule has 1 amide bonds. The van der Waals surface area contributed by atoms with Gasteiger partial charge < -0.3 is 24.6 Å². The number of rotatable bonds is 3. The maximum absolute atomic E-state index is 12.1. The second-order valence-electron chi connectivity index (χ2n) is 5.82. The fourth-order valence-electron chi connectivity index (χ4n) is 4.07. The van der Waals surface area contributed by atoms with Gasteiger partial charge in [0, 0.05) is 13.0 Å². The van der Waals surface area contributed by atoms with E-state index in [2.05, 4.69) is 0 Å². The Kier molecular flexibility index (Phi) is 4.85. The molecule has 0 aromatic carbocycles. The average molecular weight is 303 g/mol. The number of amides is 1. The first-order valence-corrected chi connectivity index (χ1v) is 6.98. The van der Waals surface area contributed by atoms with Gasteiger partial charge in [-0.05, 0) is 31.8 Å². The Morgan fingerprint density at radius 3 is 2.67 bits per heavy atom. The number of hydrogen-bond acceptors (Lipinski definition) is 5. The average Bonchev–Trinajstić information content (AvgIpc) is 2.69. The summed E-state index contributed by atoms with van der Waals surface area (Å²) in [6, 6.07) is -0.247. The molecule has 2 fully saturated rings. The molecule has 0 spiro atoms. The molecule has 0 unspecified atom stereocenters. The van der Waals surface area contributed by atoms with E-state index in [1.165, 1.54) is 4.90 Å². The van der Waals surface area contributed by atoms with Gasteiger partial charge in [-0.15, -0.1) is 0 Å². The van der Waals surface area contributed by atoms with Gasteiger partial charge in [0.15, 0.2) is 0 Å². The number of carboxylic acid groups (broad SMARTS) is 1. The molecular weight excluding hydrogens is 285 g/mol. The van der Waals surface area contributed by atoms with E-state index in [0.717, 1.165) is 19.3 Å². The fourth-order valence-corrected chi connectivity index (χ4v) is 4.07. The minimum absolute atomic E-state index is 0. The van der Waals surface area contributed by atoms with Crippen LogP contribution in [0.5, 0.6) is 0 Å². The van der Waals surface area contributed by atoms with Gasteiger partial charge in [-0.1, -0.05) is 0 Å². The molecule has 3 aliphatic rings. The monoisotopic (exact) mass is 303 g/mol. The molecule has 21 heavy (non-hydrogen) atoms. The minimum Gasteiger partial charge on any atom is -0.543 e. The van der Waals surface area contributed by atoms with Crippen molar-refractivity contribution in [2.75, 3.05) is 7.11 Å². The zero-order valence-electron chi connectivity index (χ0n) is 12.5. The quantitative estimate of drug-likeness (QED) is 0.424. The largest absolute Gasteiger partial charge is 1.00 e. The molecule has 2 aliphatic heterocycles. The first-order chi connectivity index (χ1) is 9.49. The molecular formula is C14H18NNaO5. The number of fused-ring (bicyclic) bond motifs is 3. The molecule has 2 heterocycles. The molecule has 1 saturated heterocycles. The van der Waals surface area contributed by atoms with Gasteiger partial charge in [-0.25, -0.2) is 0 Å². The van der Waals surface area contributed by atoms with Crippen molar-refractivity contribution in [1.29, 1.82) is 0 Å². The number of hydrogen-bond donors (Lipinski definition) is 1. The van der Waals surface area contributed by atoms with Crippen LogP contribution < -0.4 is 34.7 Å². The van der Waals surface area contributed by atoms with E-state index < -0.39 is 18.0 Å². The van der Waals surface area contributed by atoms with Crippen molar-refractivity contribution in [3.63, 3.8) is 0 Å². The van der Waals surface area contributed by atoms with E-state index in [4.69, 9.17) is 4.74 Å². The normalized spacial score (nSPS) is 35.6. The fraction of sp³-hybridized carbons (Fsp3) is 0.714. The summed E-state index contributed by atoms with van der Waals surface area (Å²) in [5, 5.41) is 21.2. The van der Waals surface area contributed by atoms with Gasteiger partial charge in [0.1, 0.15) is 0 Å². The van der Waals surface area contributed by atoms with Crippen LogP contribution in [0.25, 0.3) is 0 Å². The van der Waals surface area contributed by atoms with Crippen LogP contribution >= 0.6 is 0 Å². The number of nitrogens with zero attached hydrogens (tertiary/aromatic N) is 1. The second-order valence-corrected chi connectivity index (χ2v) is 5.82. The Hall–Kier alpha value is -0.400. The molecule has 110 valence electrons. The van der Waals surface area contributed by atoms with Crippen LogP contribution in [0.1, 0.15) is 26.2 Å². The molecule has 0 aromatic rings. The van der Waals surface area contributed by atoms with Crippen LogP contribution in [0.4, 0.5) is 0 Å². The third-order valence-corrected chi connectivity index (χ3v) is 4.84. The number of aliphatic hydroxyl groups is 1. The summed E-state index contributed by atoms with van der Waals surface area (Å²) in [7, 11) is 1.55. The SMILES string of the molecule is CO[C@H]1CCC[C@H]2C1=C(C(=O)[O-])N1C(=O)[C@H]([C@@H](C)O)[C@@H]21.[Na+]. The summed E-state index contributed by atoms with van der Waals surface area (Å²) >= 11 is 0. The Balaban J connectivity index is 0.00000161. The van der Waals surface area contributed by atoms with Crippen LogP contribution in [0.2, 0.25) is 0 Å². The van der Waals surface area contributed by atoms with E-state index in [9.17, 15) is 19.8 Å². The summed E-state index contributed by atoms with van der Waals surface area (Å²) in [4.78, 5) is 24.9. The molecule has 5 atom stereocenters. The Labute approximate surface area is 145 Å². The first kappa shape index (κ1) is 17.0. The predicted octanol–water partition coefficient (Wildman–Crippen LogP) is -3.97. The molecule has 0 bridgehead atoms. The van der Waals surface area contributed by atoms with Crippen LogP contribution in [-0.2, 0) is 14.3 Å². The van der Waals surface area contributed by atoms with Gasteiger partial charge in [-0.2, -0.15) is 0 Å². The topological polar surface area (TPSA) is 89.9 Å². The van der Waals surface area contributed by atoms with Crippen molar-refractivity contribution in [1.82, 2.24) is 4.90 Å². The second kappa shape index (κ2) is 6.01. The van der Waals surface area contributed by atoms with Gasteiger partial charge in [0.2, 0.25) is 5.91 Å². The van der Waals surface area contributed by atoms with Crippen molar-refractivity contribution in [3.05, 3.63) is 11.3 Å². The number of aliphatic carboxylic acids is 1. The summed E-state index contributed by atoms with van der Waals surface area (Å²) in [6.45, 7) is 1.58. The third kappa shape index (κ3) is 2.28. The molecule has 7 heteroatoms. The van der Waals surface area contributed by atoms with Gasteiger partial charge in [0.05, 0.1) is 35.8 Å². The zero-order valence-corrected chi connectivity index (χ0v) is 14.5. The predicted molar refractivity (Wildman–Crippen MR) is 66.0 cm³/mol. The molecule has 0 radical (unpaired) electrons. The molecule has 1 N–H and O–H groups in total. The van der Waals surface area contributed by atoms with E-state index >= 15 is 0 Å². The van der Waals surface area contributed by atoms with Crippen molar-refractivity contribution in [2.24, 2.45) is 11.8 Å². The van der Waals surface area contributed by atoms with Crippen LogP contribution in [-0.4, -0.2) is 47.2 Å². The maximum atomic E-state index is 12.1. The molecule has 1 aliphatic carbocycles. The molecule has 0 aromatic heterocycles. The smallest absolute Gasteiger partial charge is 0.543 e.